The average Bonchev–Trinajstić information content (AvgIpc) is 2.51. The fourth-order valence-electron chi connectivity index (χ4n) is 1.60. The molecule has 0 aliphatic rings. The number of thioether (sulfide) groups is 1. The number of sulfone groups is 1. The zero-order chi connectivity index (χ0) is 13.8. The molecule has 0 saturated carbocycles. The largest absolute Gasteiger partial charge is 0.323 e. The van der Waals surface area contributed by atoms with Crippen LogP contribution >= 0.6 is 11.8 Å². The molecule has 0 aromatic carbocycles. The Morgan fingerprint density at radius 2 is 2.00 bits per heavy atom. The molecule has 0 spiro atoms. The van der Waals surface area contributed by atoms with Gasteiger partial charge in [0.05, 0.1) is 11.4 Å². The fourth-order valence-corrected chi connectivity index (χ4v) is 3.91. The molecule has 0 unspecified atom stereocenters. The van der Waals surface area contributed by atoms with Crippen molar-refractivity contribution in [3.05, 3.63) is 11.4 Å². The predicted molar refractivity (Wildman–Crippen MR) is 77.0 cm³/mol. The SMILES string of the molecule is CCCCn1c(SCCS(C)(=O)=O)nc(C)c1C. The summed E-state index contributed by atoms with van der Waals surface area (Å²) in [5.74, 6) is 0.775. The van der Waals surface area contributed by atoms with Crippen molar-refractivity contribution in [2.45, 2.75) is 45.3 Å². The minimum Gasteiger partial charge on any atom is -0.323 e. The first-order valence-electron chi connectivity index (χ1n) is 6.19. The molecule has 4 nitrogen and oxygen atoms in total. The van der Waals surface area contributed by atoms with Crippen LogP contribution < -0.4 is 0 Å². The molecule has 18 heavy (non-hydrogen) atoms. The van der Waals surface area contributed by atoms with Gasteiger partial charge in [0.1, 0.15) is 9.84 Å². The van der Waals surface area contributed by atoms with Gasteiger partial charge in [-0.05, 0) is 20.3 Å². The Kier molecular flexibility index (Phi) is 5.72. The highest BCUT2D eigenvalue weighted by atomic mass is 32.2. The van der Waals surface area contributed by atoms with Gasteiger partial charge in [-0.2, -0.15) is 0 Å². The highest BCUT2D eigenvalue weighted by Crippen LogP contribution is 2.21. The summed E-state index contributed by atoms with van der Waals surface area (Å²) in [6.07, 6.45) is 3.54. The van der Waals surface area contributed by atoms with E-state index in [0.29, 0.717) is 5.75 Å². The third-order valence-electron chi connectivity index (χ3n) is 2.84. The lowest BCUT2D eigenvalue weighted by Crippen LogP contribution is -2.07. The van der Waals surface area contributed by atoms with Crippen molar-refractivity contribution in [1.82, 2.24) is 9.55 Å². The molecule has 0 aliphatic carbocycles. The average molecular weight is 290 g/mol. The first-order chi connectivity index (χ1) is 8.35. The molecule has 0 bridgehead atoms. The number of hydrogen-bond donors (Lipinski definition) is 0. The number of imidazole rings is 1. The van der Waals surface area contributed by atoms with Gasteiger partial charge < -0.3 is 4.57 Å². The van der Waals surface area contributed by atoms with E-state index in [0.717, 1.165) is 30.2 Å². The van der Waals surface area contributed by atoms with E-state index < -0.39 is 9.84 Å². The molecule has 0 fully saturated rings. The van der Waals surface area contributed by atoms with E-state index in [1.54, 1.807) is 0 Å². The highest BCUT2D eigenvalue weighted by molar-refractivity contribution is 8.00. The number of unbranched alkanes of at least 4 members (excludes halogenated alkanes) is 1. The topological polar surface area (TPSA) is 52.0 Å². The molecule has 0 aliphatic heterocycles. The molecule has 0 amide bonds. The van der Waals surface area contributed by atoms with Crippen LogP contribution in [0.15, 0.2) is 5.16 Å². The molecular formula is C12H22N2O2S2. The van der Waals surface area contributed by atoms with Crippen LogP contribution in [0.2, 0.25) is 0 Å². The van der Waals surface area contributed by atoms with Crippen LogP contribution in [0.4, 0.5) is 0 Å². The lowest BCUT2D eigenvalue weighted by atomic mass is 10.3. The minimum atomic E-state index is -2.89. The van der Waals surface area contributed by atoms with E-state index in [1.165, 1.54) is 23.7 Å². The van der Waals surface area contributed by atoms with Crippen molar-refractivity contribution in [1.29, 1.82) is 0 Å². The van der Waals surface area contributed by atoms with Gasteiger partial charge in [0.2, 0.25) is 0 Å². The second-order valence-corrected chi connectivity index (χ2v) is 7.87. The van der Waals surface area contributed by atoms with Gasteiger partial charge in [0.15, 0.2) is 5.16 Å². The predicted octanol–water partition coefficient (Wildman–Crippen LogP) is 2.44. The summed E-state index contributed by atoms with van der Waals surface area (Å²) in [4.78, 5) is 4.51. The van der Waals surface area contributed by atoms with Crippen molar-refractivity contribution in [3.63, 3.8) is 0 Å². The van der Waals surface area contributed by atoms with Crippen LogP contribution in [-0.2, 0) is 16.4 Å². The van der Waals surface area contributed by atoms with Crippen molar-refractivity contribution >= 4 is 21.6 Å². The summed E-state index contributed by atoms with van der Waals surface area (Å²) < 4.78 is 24.4. The maximum Gasteiger partial charge on any atom is 0.168 e. The molecular weight excluding hydrogens is 268 g/mol. The molecule has 104 valence electrons. The normalized spacial score (nSPS) is 12.0. The third kappa shape index (κ3) is 4.65. The van der Waals surface area contributed by atoms with Crippen LogP contribution in [-0.4, -0.2) is 35.7 Å². The molecule has 0 radical (unpaired) electrons. The fraction of sp³-hybridized carbons (Fsp3) is 0.750. The maximum atomic E-state index is 11.1. The number of nitrogens with zero attached hydrogens (tertiary/aromatic N) is 2. The Morgan fingerprint density at radius 1 is 1.33 bits per heavy atom. The summed E-state index contributed by atoms with van der Waals surface area (Å²) in [7, 11) is -2.89. The van der Waals surface area contributed by atoms with Crippen molar-refractivity contribution in [2.75, 3.05) is 17.8 Å². The molecule has 6 heteroatoms. The van der Waals surface area contributed by atoms with Gasteiger partial charge in [-0.1, -0.05) is 25.1 Å². The Balaban J connectivity index is 2.72. The monoisotopic (exact) mass is 290 g/mol. The summed E-state index contributed by atoms with van der Waals surface area (Å²) in [6.45, 7) is 7.19. The number of aryl methyl sites for hydroxylation is 1. The smallest absolute Gasteiger partial charge is 0.168 e. The Morgan fingerprint density at radius 3 is 2.56 bits per heavy atom. The van der Waals surface area contributed by atoms with E-state index in [4.69, 9.17) is 0 Å². The van der Waals surface area contributed by atoms with E-state index in [-0.39, 0.29) is 5.75 Å². The van der Waals surface area contributed by atoms with Gasteiger partial charge in [-0.3, -0.25) is 0 Å². The first kappa shape index (κ1) is 15.6. The van der Waals surface area contributed by atoms with Gasteiger partial charge in [-0.15, -0.1) is 0 Å². The summed E-state index contributed by atoms with van der Waals surface area (Å²) in [5, 5.41) is 0.946. The number of hydrogen-bond acceptors (Lipinski definition) is 4. The van der Waals surface area contributed by atoms with Crippen molar-refractivity contribution in [2.24, 2.45) is 0 Å². The summed E-state index contributed by atoms with van der Waals surface area (Å²) in [6, 6.07) is 0. The molecule has 1 heterocycles. The molecule has 0 N–H and O–H groups in total. The summed E-state index contributed by atoms with van der Waals surface area (Å²) in [5.41, 5.74) is 2.22. The zero-order valence-corrected chi connectivity index (χ0v) is 13.2. The lowest BCUT2D eigenvalue weighted by Gasteiger charge is -2.08. The van der Waals surface area contributed by atoms with Crippen LogP contribution in [0.5, 0.6) is 0 Å². The molecule has 1 aromatic heterocycles. The molecule has 1 rings (SSSR count). The first-order valence-corrected chi connectivity index (χ1v) is 9.24. The maximum absolute atomic E-state index is 11.1. The number of aromatic nitrogens is 2. The third-order valence-corrected chi connectivity index (χ3v) is 5.03. The second kappa shape index (κ2) is 6.61. The van der Waals surface area contributed by atoms with E-state index >= 15 is 0 Å². The second-order valence-electron chi connectivity index (χ2n) is 4.55. The summed E-state index contributed by atoms with van der Waals surface area (Å²) >= 11 is 1.53. The molecule has 1 aromatic rings. The Hall–Kier alpha value is -0.490. The van der Waals surface area contributed by atoms with Gasteiger partial charge in [0, 0.05) is 24.2 Å². The van der Waals surface area contributed by atoms with Gasteiger partial charge in [0.25, 0.3) is 0 Å². The minimum absolute atomic E-state index is 0.205. The Bertz CT molecular complexity index is 492. The molecule has 0 atom stereocenters. The lowest BCUT2D eigenvalue weighted by molar-refractivity contribution is 0.575. The Labute approximate surface area is 114 Å². The number of rotatable bonds is 7. The van der Waals surface area contributed by atoms with Crippen molar-refractivity contribution < 1.29 is 8.42 Å². The highest BCUT2D eigenvalue weighted by Gasteiger charge is 2.12. The molecule has 0 saturated heterocycles. The van der Waals surface area contributed by atoms with Crippen LogP contribution in [0.1, 0.15) is 31.2 Å². The van der Waals surface area contributed by atoms with E-state index in [1.807, 2.05) is 6.92 Å². The van der Waals surface area contributed by atoms with Crippen LogP contribution in [0.25, 0.3) is 0 Å². The van der Waals surface area contributed by atoms with Crippen molar-refractivity contribution in [3.8, 4) is 0 Å². The van der Waals surface area contributed by atoms with Gasteiger partial charge in [-0.25, -0.2) is 13.4 Å². The van der Waals surface area contributed by atoms with E-state index in [9.17, 15) is 8.42 Å². The zero-order valence-electron chi connectivity index (χ0n) is 11.6. The standard InChI is InChI=1S/C12H22N2O2S2/c1-5-6-7-14-11(3)10(2)13-12(14)17-8-9-18(4,15)16/h5-9H2,1-4H3. The quantitative estimate of drug-likeness (QED) is 0.724. The van der Waals surface area contributed by atoms with E-state index in [2.05, 4.69) is 23.4 Å². The van der Waals surface area contributed by atoms with Crippen LogP contribution in [0, 0.1) is 13.8 Å². The van der Waals surface area contributed by atoms with Crippen LogP contribution in [0.3, 0.4) is 0 Å². The van der Waals surface area contributed by atoms with Gasteiger partial charge >= 0.3 is 0 Å².